The van der Waals surface area contributed by atoms with Crippen LogP contribution in [0.2, 0.25) is 0 Å². The number of aromatic amines is 1. The Bertz CT molecular complexity index is 988. The molecule has 6 heteroatoms. The van der Waals surface area contributed by atoms with E-state index in [-0.39, 0.29) is 5.69 Å². The van der Waals surface area contributed by atoms with Gasteiger partial charge < -0.3 is 4.98 Å². The van der Waals surface area contributed by atoms with Gasteiger partial charge >= 0.3 is 0 Å². The second-order valence-corrected chi connectivity index (χ2v) is 5.95. The number of fused-ring (bicyclic) bond motifs is 1. The predicted molar refractivity (Wildman–Crippen MR) is 98.0 cm³/mol. The van der Waals surface area contributed by atoms with Gasteiger partial charge in [-0.15, -0.1) is 0 Å². The summed E-state index contributed by atoms with van der Waals surface area (Å²) in [5.74, 6) is -0.196. The number of nitrogens with zero attached hydrogens (tertiary/aromatic N) is 2. The molecule has 1 amide bonds. The van der Waals surface area contributed by atoms with Gasteiger partial charge in [-0.25, -0.2) is 10.4 Å². The Labute approximate surface area is 144 Å². The Balaban J connectivity index is 1.74. The van der Waals surface area contributed by atoms with E-state index in [0.717, 1.165) is 5.56 Å². The molecule has 0 aliphatic heterocycles. The molecule has 0 bridgehead atoms. The zero-order chi connectivity index (χ0) is 17.8. The molecule has 0 atom stereocenters. The summed E-state index contributed by atoms with van der Waals surface area (Å²) in [6, 6.07) is 14.9. The number of carbonyl (C=O) groups is 1. The van der Waals surface area contributed by atoms with E-state index in [1.165, 1.54) is 11.8 Å². The topological polar surface area (TPSA) is 87.2 Å². The first-order chi connectivity index (χ1) is 12.0. The Kier molecular flexibility index (Phi) is 4.70. The largest absolute Gasteiger partial charge is 0.319 e. The molecule has 0 spiro atoms. The van der Waals surface area contributed by atoms with Crippen LogP contribution in [0.3, 0.4) is 0 Å². The van der Waals surface area contributed by atoms with Crippen LogP contribution in [0.5, 0.6) is 0 Å². The lowest BCUT2D eigenvalue weighted by molar-refractivity contribution is 0.0949. The highest BCUT2D eigenvalue weighted by Crippen LogP contribution is 2.13. The zero-order valence-electron chi connectivity index (χ0n) is 14.0. The van der Waals surface area contributed by atoms with Crippen LogP contribution in [0.4, 0.5) is 0 Å². The third-order valence-corrected chi connectivity index (χ3v) is 3.80. The quantitative estimate of drug-likeness (QED) is 0.568. The van der Waals surface area contributed by atoms with Crippen molar-refractivity contribution in [2.75, 3.05) is 0 Å². The molecule has 3 aromatic rings. The first-order valence-electron chi connectivity index (χ1n) is 7.97. The maximum absolute atomic E-state index is 12.1. The molecule has 126 valence electrons. The van der Waals surface area contributed by atoms with Crippen molar-refractivity contribution in [2.24, 2.45) is 5.10 Å². The lowest BCUT2D eigenvalue weighted by Gasteiger charge is -2.04. The summed E-state index contributed by atoms with van der Waals surface area (Å²) < 4.78 is 0. The Hall–Kier alpha value is -3.28. The van der Waals surface area contributed by atoms with Crippen LogP contribution >= 0.6 is 0 Å². The van der Waals surface area contributed by atoms with Crippen LogP contribution in [0, 0.1) is 0 Å². The van der Waals surface area contributed by atoms with E-state index in [4.69, 9.17) is 0 Å². The fraction of sp³-hybridized carbons (Fsp3) is 0.158. The third-order valence-electron chi connectivity index (χ3n) is 3.80. The average molecular weight is 334 g/mol. The van der Waals surface area contributed by atoms with E-state index < -0.39 is 11.5 Å². The van der Waals surface area contributed by atoms with E-state index >= 15 is 0 Å². The molecule has 0 aliphatic rings. The highest BCUT2D eigenvalue weighted by Gasteiger charge is 2.12. The van der Waals surface area contributed by atoms with Crippen LogP contribution in [0.25, 0.3) is 11.0 Å². The second-order valence-electron chi connectivity index (χ2n) is 5.95. The molecular weight excluding hydrogens is 316 g/mol. The lowest BCUT2D eigenvalue weighted by atomic mass is 10.0. The van der Waals surface area contributed by atoms with Crippen molar-refractivity contribution < 1.29 is 4.79 Å². The van der Waals surface area contributed by atoms with Gasteiger partial charge in [-0.3, -0.25) is 9.59 Å². The molecule has 1 aromatic heterocycles. The van der Waals surface area contributed by atoms with Crippen molar-refractivity contribution in [1.29, 1.82) is 0 Å². The first kappa shape index (κ1) is 16.6. The van der Waals surface area contributed by atoms with Crippen LogP contribution in [0.1, 0.15) is 41.4 Å². The molecule has 3 rings (SSSR count). The van der Waals surface area contributed by atoms with Crippen LogP contribution in [0.15, 0.2) is 58.4 Å². The lowest BCUT2D eigenvalue weighted by Crippen LogP contribution is -2.28. The minimum Gasteiger partial charge on any atom is -0.319 e. The van der Waals surface area contributed by atoms with Gasteiger partial charge in [0.05, 0.1) is 17.2 Å². The molecule has 25 heavy (non-hydrogen) atoms. The van der Waals surface area contributed by atoms with Crippen LogP contribution in [-0.4, -0.2) is 22.1 Å². The van der Waals surface area contributed by atoms with E-state index in [9.17, 15) is 9.59 Å². The number of carbonyl (C=O) groups excluding carboxylic acids is 1. The number of aromatic nitrogens is 2. The molecule has 2 N–H and O–H groups in total. The predicted octanol–water partition coefficient (Wildman–Crippen LogP) is 2.81. The van der Waals surface area contributed by atoms with Crippen molar-refractivity contribution in [3.63, 3.8) is 0 Å². The molecule has 0 saturated heterocycles. The number of hydrogen-bond donors (Lipinski definition) is 2. The van der Waals surface area contributed by atoms with Gasteiger partial charge in [0.1, 0.15) is 0 Å². The van der Waals surface area contributed by atoms with Gasteiger partial charge in [-0.1, -0.05) is 50.2 Å². The number of nitrogens with one attached hydrogen (secondary N) is 2. The Morgan fingerprint density at radius 3 is 2.60 bits per heavy atom. The van der Waals surface area contributed by atoms with Crippen molar-refractivity contribution in [1.82, 2.24) is 15.4 Å². The number of rotatable bonds is 4. The van der Waals surface area contributed by atoms with Crippen molar-refractivity contribution >= 4 is 23.2 Å². The molecule has 0 saturated carbocycles. The molecule has 0 fully saturated rings. The maximum Gasteiger partial charge on any atom is 0.295 e. The van der Waals surface area contributed by atoms with Crippen molar-refractivity contribution in [3.8, 4) is 0 Å². The van der Waals surface area contributed by atoms with Gasteiger partial charge in [0.15, 0.2) is 5.69 Å². The van der Waals surface area contributed by atoms with Crippen LogP contribution in [-0.2, 0) is 0 Å². The first-order valence-corrected chi connectivity index (χ1v) is 7.97. The summed E-state index contributed by atoms with van der Waals surface area (Å²) in [6.07, 6.45) is 1.53. The summed E-state index contributed by atoms with van der Waals surface area (Å²) in [7, 11) is 0. The maximum atomic E-state index is 12.1. The van der Waals surface area contributed by atoms with Crippen molar-refractivity contribution in [3.05, 3.63) is 75.7 Å². The fourth-order valence-electron chi connectivity index (χ4n) is 2.37. The number of hydrazone groups is 1. The molecule has 0 unspecified atom stereocenters. The summed E-state index contributed by atoms with van der Waals surface area (Å²) >= 11 is 0. The number of amides is 1. The minimum atomic E-state index is -0.651. The molecular formula is C19H18N4O2. The van der Waals surface area contributed by atoms with E-state index in [0.29, 0.717) is 17.0 Å². The van der Waals surface area contributed by atoms with E-state index in [1.807, 2.05) is 24.3 Å². The monoisotopic (exact) mass is 334 g/mol. The number of H-pyrrole nitrogens is 1. The van der Waals surface area contributed by atoms with E-state index in [1.54, 1.807) is 24.3 Å². The second kappa shape index (κ2) is 7.09. The molecule has 0 aliphatic carbocycles. The Morgan fingerprint density at radius 2 is 1.88 bits per heavy atom. The third kappa shape index (κ3) is 3.80. The van der Waals surface area contributed by atoms with Crippen LogP contribution < -0.4 is 11.0 Å². The number of para-hydroxylation sites is 2. The normalized spacial score (nSPS) is 11.3. The average Bonchev–Trinajstić information content (AvgIpc) is 2.61. The highest BCUT2D eigenvalue weighted by atomic mass is 16.2. The fourth-order valence-corrected chi connectivity index (χ4v) is 2.37. The molecule has 2 aromatic carbocycles. The summed E-state index contributed by atoms with van der Waals surface area (Å²) in [5.41, 5.74) is 4.78. The number of benzene rings is 2. The van der Waals surface area contributed by atoms with Crippen molar-refractivity contribution in [2.45, 2.75) is 19.8 Å². The van der Waals surface area contributed by atoms with E-state index in [2.05, 4.69) is 34.3 Å². The van der Waals surface area contributed by atoms with Gasteiger partial charge in [-0.05, 0) is 29.2 Å². The molecule has 0 radical (unpaired) electrons. The van der Waals surface area contributed by atoms with Gasteiger partial charge in [0.25, 0.3) is 11.5 Å². The summed E-state index contributed by atoms with van der Waals surface area (Å²) in [5, 5.41) is 3.90. The van der Waals surface area contributed by atoms with Gasteiger partial charge in [0, 0.05) is 0 Å². The van der Waals surface area contributed by atoms with Gasteiger partial charge in [0.2, 0.25) is 0 Å². The standard InChI is InChI=1S/C19H18N4O2/c1-12(2)14-9-7-13(8-10-14)11-20-23-19(25)17-18(24)22-16-6-4-3-5-15(16)21-17/h3-12H,1-2H3,(H,22,24)(H,23,25)/b20-11-. The summed E-state index contributed by atoms with van der Waals surface area (Å²) in [4.78, 5) is 30.8. The summed E-state index contributed by atoms with van der Waals surface area (Å²) in [6.45, 7) is 4.24. The highest BCUT2D eigenvalue weighted by molar-refractivity contribution is 5.94. The Morgan fingerprint density at radius 1 is 1.16 bits per heavy atom. The minimum absolute atomic E-state index is 0.217. The molecule has 1 heterocycles. The smallest absolute Gasteiger partial charge is 0.295 e. The molecule has 6 nitrogen and oxygen atoms in total. The number of hydrogen-bond acceptors (Lipinski definition) is 4. The van der Waals surface area contributed by atoms with Gasteiger partial charge in [-0.2, -0.15) is 5.10 Å². The SMILES string of the molecule is CC(C)c1ccc(/C=N\NC(=O)c2nc3ccccc3[nH]c2=O)cc1. The zero-order valence-corrected chi connectivity index (χ0v) is 14.0.